The Morgan fingerprint density at radius 1 is 1.40 bits per heavy atom. The summed E-state index contributed by atoms with van der Waals surface area (Å²) < 4.78 is 9.27. The number of rotatable bonds is 1. The summed E-state index contributed by atoms with van der Waals surface area (Å²) in [5.74, 6) is 0.508. The molecule has 10 heavy (non-hydrogen) atoms. The zero-order valence-electron chi connectivity index (χ0n) is 4.89. The quantitative estimate of drug-likeness (QED) is 0.579. The van der Waals surface area contributed by atoms with Gasteiger partial charge in [-0.15, -0.1) is 5.10 Å². The van der Waals surface area contributed by atoms with Gasteiger partial charge in [0.2, 0.25) is 5.76 Å². The molecule has 0 amide bonds. The molecular formula is C5H3N3O2. The fourth-order valence-electron chi connectivity index (χ4n) is 0.620. The lowest BCUT2D eigenvalue weighted by molar-refractivity contribution is 0.391. The van der Waals surface area contributed by atoms with Crippen molar-refractivity contribution >= 4 is 0 Å². The van der Waals surface area contributed by atoms with E-state index in [1.807, 2.05) is 0 Å². The Bertz CT molecular complexity index is 254. The Morgan fingerprint density at radius 2 is 2.40 bits per heavy atom. The van der Waals surface area contributed by atoms with Gasteiger partial charge in [-0.1, -0.05) is 5.16 Å². The third-order valence-corrected chi connectivity index (χ3v) is 1.05. The number of hydrogen-bond acceptors (Lipinski definition) is 5. The fraction of sp³-hybridized carbons (Fsp3) is 0. The molecule has 0 aromatic carbocycles. The van der Waals surface area contributed by atoms with Crippen LogP contribution in [0.25, 0.3) is 11.5 Å². The summed E-state index contributed by atoms with van der Waals surface area (Å²) in [7, 11) is 0. The lowest BCUT2D eigenvalue weighted by Gasteiger charge is -1.77. The molecule has 0 spiro atoms. The molecule has 0 bridgehead atoms. The molecule has 5 nitrogen and oxygen atoms in total. The van der Waals surface area contributed by atoms with E-state index >= 15 is 0 Å². The molecule has 0 radical (unpaired) electrons. The van der Waals surface area contributed by atoms with E-state index in [0.717, 1.165) is 0 Å². The third-order valence-electron chi connectivity index (χ3n) is 1.05. The fourth-order valence-corrected chi connectivity index (χ4v) is 0.620. The van der Waals surface area contributed by atoms with Crippen molar-refractivity contribution in [3.63, 3.8) is 0 Å². The van der Waals surface area contributed by atoms with Crippen molar-refractivity contribution in [2.45, 2.75) is 0 Å². The standard InChI is InChI=1S/C5H3N3O2/c1-2-9-7-4(1)5-3-6-8-10-5/h1-3H. The second-order valence-corrected chi connectivity index (χ2v) is 1.67. The van der Waals surface area contributed by atoms with E-state index < -0.39 is 0 Å². The maximum absolute atomic E-state index is 4.69. The molecule has 50 valence electrons. The van der Waals surface area contributed by atoms with Crippen LogP contribution in [0.15, 0.2) is 27.6 Å². The normalized spacial score (nSPS) is 10.0. The lowest BCUT2D eigenvalue weighted by Crippen LogP contribution is -1.68. The highest BCUT2D eigenvalue weighted by atomic mass is 16.5. The first-order valence-electron chi connectivity index (χ1n) is 2.65. The molecule has 2 heterocycles. The SMILES string of the molecule is c1cc(-c2cnno2)no1. The van der Waals surface area contributed by atoms with E-state index in [0.29, 0.717) is 11.5 Å². The molecule has 0 saturated heterocycles. The number of nitrogens with zero attached hydrogens (tertiary/aromatic N) is 3. The van der Waals surface area contributed by atoms with Crippen LogP contribution in [-0.4, -0.2) is 15.5 Å². The number of aromatic nitrogens is 3. The molecule has 0 aliphatic heterocycles. The average Bonchev–Trinajstić information content (AvgIpc) is 2.59. The molecule has 0 atom stereocenters. The van der Waals surface area contributed by atoms with Crippen molar-refractivity contribution in [2.24, 2.45) is 0 Å². The van der Waals surface area contributed by atoms with Crippen molar-refractivity contribution in [1.82, 2.24) is 15.5 Å². The number of hydrogen-bond donors (Lipinski definition) is 0. The molecule has 0 fully saturated rings. The van der Waals surface area contributed by atoms with Gasteiger partial charge in [0.1, 0.15) is 12.5 Å². The van der Waals surface area contributed by atoms with Crippen molar-refractivity contribution in [3.8, 4) is 11.5 Å². The van der Waals surface area contributed by atoms with Crippen LogP contribution in [0.5, 0.6) is 0 Å². The predicted octanol–water partition coefficient (Wildman–Crippen LogP) is 0.725. The molecule has 2 aromatic heterocycles. The first kappa shape index (κ1) is 5.16. The van der Waals surface area contributed by atoms with E-state index in [2.05, 4.69) is 20.0 Å². The van der Waals surface area contributed by atoms with Crippen LogP contribution in [0.2, 0.25) is 0 Å². The molecule has 0 N–H and O–H groups in total. The molecule has 5 heteroatoms. The van der Waals surface area contributed by atoms with Crippen LogP contribution in [0, 0.1) is 0 Å². The molecule has 0 aliphatic carbocycles. The zero-order valence-corrected chi connectivity index (χ0v) is 4.89. The Balaban J connectivity index is 2.48. The van der Waals surface area contributed by atoms with Crippen LogP contribution >= 0.6 is 0 Å². The summed E-state index contributed by atoms with van der Waals surface area (Å²) in [6.07, 6.45) is 2.93. The Labute approximate surface area is 55.6 Å². The molecule has 2 rings (SSSR count). The minimum absolute atomic E-state index is 0.508. The van der Waals surface area contributed by atoms with Gasteiger partial charge in [-0.2, -0.15) is 0 Å². The van der Waals surface area contributed by atoms with E-state index in [1.165, 1.54) is 12.5 Å². The first-order chi connectivity index (χ1) is 4.97. The van der Waals surface area contributed by atoms with Crippen LogP contribution in [-0.2, 0) is 0 Å². The minimum Gasteiger partial charge on any atom is -0.364 e. The Hall–Kier alpha value is -1.65. The van der Waals surface area contributed by atoms with Gasteiger partial charge in [-0.25, -0.2) is 0 Å². The topological polar surface area (TPSA) is 65.0 Å². The maximum Gasteiger partial charge on any atom is 0.209 e. The van der Waals surface area contributed by atoms with Gasteiger partial charge in [0.05, 0.1) is 0 Å². The van der Waals surface area contributed by atoms with Crippen LogP contribution in [0.1, 0.15) is 0 Å². The lowest BCUT2D eigenvalue weighted by atomic mass is 10.4. The van der Waals surface area contributed by atoms with E-state index in [1.54, 1.807) is 6.07 Å². The van der Waals surface area contributed by atoms with E-state index in [9.17, 15) is 0 Å². The van der Waals surface area contributed by atoms with E-state index in [4.69, 9.17) is 4.52 Å². The summed E-state index contributed by atoms with van der Waals surface area (Å²) in [6, 6.07) is 1.67. The van der Waals surface area contributed by atoms with Crippen LogP contribution < -0.4 is 0 Å². The highest BCUT2D eigenvalue weighted by molar-refractivity contribution is 5.47. The van der Waals surface area contributed by atoms with Gasteiger partial charge in [0.25, 0.3) is 0 Å². The van der Waals surface area contributed by atoms with Gasteiger partial charge in [0.15, 0.2) is 5.69 Å². The van der Waals surface area contributed by atoms with Crippen molar-refractivity contribution in [3.05, 3.63) is 18.5 Å². The predicted molar refractivity (Wildman–Crippen MR) is 29.8 cm³/mol. The van der Waals surface area contributed by atoms with Crippen molar-refractivity contribution in [1.29, 1.82) is 0 Å². The third kappa shape index (κ3) is 0.680. The second-order valence-electron chi connectivity index (χ2n) is 1.67. The van der Waals surface area contributed by atoms with Gasteiger partial charge >= 0.3 is 0 Å². The maximum atomic E-state index is 4.69. The smallest absolute Gasteiger partial charge is 0.209 e. The molecule has 0 unspecified atom stereocenters. The summed E-state index contributed by atoms with van der Waals surface area (Å²) >= 11 is 0. The summed E-state index contributed by atoms with van der Waals surface area (Å²) in [5, 5.41) is 10.4. The van der Waals surface area contributed by atoms with E-state index in [-0.39, 0.29) is 0 Å². The van der Waals surface area contributed by atoms with Gasteiger partial charge in [-0.3, -0.25) is 0 Å². The molecule has 0 saturated carbocycles. The highest BCUT2D eigenvalue weighted by Crippen LogP contribution is 2.12. The van der Waals surface area contributed by atoms with Crippen molar-refractivity contribution in [2.75, 3.05) is 0 Å². The monoisotopic (exact) mass is 137 g/mol. The molecule has 0 aliphatic rings. The zero-order chi connectivity index (χ0) is 6.81. The highest BCUT2D eigenvalue weighted by Gasteiger charge is 2.03. The average molecular weight is 137 g/mol. The first-order valence-corrected chi connectivity index (χ1v) is 2.65. The van der Waals surface area contributed by atoms with Crippen LogP contribution in [0.4, 0.5) is 0 Å². The largest absolute Gasteiger partial charge is 0.364 e. The summed E-state index contributed by atoms with van der Waals surface area (Å²) in [4.78, 5) is 0. The summed E-state index contributed by atoms with van der Waals surface area (Å²) in [5.41, 5.74) is 0.602. The second kappa shape index (κ2) is 1.94. The Morgan fingerprint density at radius 3 is 3.00 bits per heavy atom. The van der Waals surface area contributed by atoms with Crippen LogP contribution in [0.3, 0.4) is 0 Å². The molecular weight excluding hydrogens is 134 g/mol. The van der Waals surface area contributed by atoms with Gasteiger partial charge < -0.3 is 9.05 Å². The van der Waals surface area contributed by atoms with Gasteiger partial charge in [-0.05, 0) is 0 Å². The van der Waals surface area contributed by atoms with Gasteiger partial charge in [0, 0.05) is 11.3 Å². The molecule has 2 aromatic rings. The van der Waals surface area contributed by atoms with Crippen molar-refractivity contribution < 1.29 is 9.05 Å². The summed E-state index contributed by atoms with van der Waals surface area (Å²) in [6.45, 7) is 0. The minimum atomic E-state index is 0.508. The Kier molecular flexibility index (Phi) is 1.00.